The molecule has 0 aliphatic rings. The fourth-order valence-electron chi connectivity index (χ4n) is 8.18. The van der Waals surface area contributed by atoms with Crippen molar-refractivity contribution >= 4 is 17.9 Å². The van der Waals surface area contributed by atoms with E-state index in [9.17, 15) is 14.4 Å². The number of esters is 3. The second-order valence-electron chi connectivity index (χ2n) is 20.2. The van der Waals surface area contributed by atoms with E-state index in [1.54, 1.807) is 0 Å². The molecule has 0 bridgehead atoms. The lowest BCUT2D eigenvalue weighted by atomic mass is 10.1. The molecular formula is C71H114O6. The second-order valence-corrected chi connectivity index (χ2v) is 20.2. The van der Waals surface area contributed by atoms with Gasteiger partial charge in [0.2, 0.25) is 0 Å². The van der Waals surface area contributed by atoms with Gasteiger partial charge in [-0.3, -0.25) is 14.4 Å². The summed E-state index contributed by atoms with van der Waals surface area (Å²) in [6.07, 6.45) is 91.3. The first kappa shape index (κ1) is 72.3. The van der Waals surface area contributed by atoms with Crippen LogP contribution >= 0.6 is 0 Å². The summed E-state index contributed by atoms with van der Waals surface area (Å²) < 4.78 is 16.9. The Bertz CT molecular complexity index is 1700. The third-order valence-electron chi connectivity index (χ3n) is 12.8. The highest BCUT2D eigenvalue weighted by molar-refractivity contribution is 5.71. The van der Waals surface area contributed by atoms with Crippen LogP contribution in [0.1, 0.15) is 265 Å². The lowest BCUT2D eigenvalue weighted by Crippen LogP contribution is -2.30. The zero-order valence-electron chi connectivity index (χ0n) is 49.7. The van der Waals surface area contributed by atoms with E-state index in [0.717, 1.165) is 128 Å². The van der Waals surface area contributed by atoms with E-state index in [0.29, 0.717) is 19.3 Å². The van der Waals surface area contributed by atoms with E-state index in [1.807, 2.05) is 0 Å². The third-order valence-corrected chi connectivity index (χ3v) is 12.8. The fraction of sp³-hybridized carbons (Fsp3) is 0.620. The molecule has 0 aliphatic carbocycles. The van der Waals surface area contributed by atoms with Crippen molar-refractivity contribution in [2.75, 3.05) is 13.2 Å². The summed E-state index contributed by atoms with van der Waals surface area (Å²) in [4.78, 5) is 38.3. The van der Waals surface area contributed by atoms with Gasteiger partial charge >= 0.3 is 17.9 Å². The van der Waals surface area contributed by atoms with Crippen LogP contribution in [0.25, 0.3) is 0 Å². The Morgan fingerprint density at radius 2 is 0.519 bits per heavy atom. The maximum absolute atomic E-state index is 12.9. The van der Waals surface area contributed by atoms with Crippen molar-refractivity contribution in [1.29, 1.82) is 0 Å². The lowest BCUT2D eigenvalue weighted by molar-refractivity contribution is -0.167. The molecule has 434 valence electrons. The van der Waals surface area contributed by atoms with Gasteiger partial charge in [-0.15, -0.1) is 0 Å². The van der Waals surface area contributed by atoms with Gasteiger partial charge < -0.3 is 14.2 Å². The van der Waals surface area contributed by atoms with Gasteiger partial charge in [-0.05, 0) is 135 Å². The summed E-state index contributed by atoms with van der Waals surface area (Å²) >= 11 is 0. The number of allylic oxidation sites excluding steroid dienone is 24. The van der Waals surface area contributed by atoms with Crippen LogP contribution in [-0.4, -0.2) is 37.2 Å². The van der Waals surface area contributed by atoms with E-state index in [-0.39, 0.29) is 37.5 Å². The first-order valence-electron chi connectivity index (χ1n) is 31.3. The van der Waals surface area contributed by atoms with Gasteiger partial charge in [-0.1, -0.05) is 256 Å². The largest absolute Gasteiger partial charge is 0.462 e. The molecule has 0 aromatic carbocycles. The molecule has 0 aliphatic heterocycles. The molecule has 0 aromatic heterocycles. The molecule has 0 spiro atoms. The average molecular weight is 1060 g/mol. The fourth-order valence-corrected chi connectivity index (χ4v) is 8.18. The van der Waals surface area contributed by atoms with Crippen molar-refractivity contribution in [3.8, 4) is 0 Å². The first-order valence-corrected chi connectivity index (χ1v) is 31.3. The zero-order valence-corrected chi connectivity index (χ0v) is 49.7. The number of hydrogen-bond acceptors (Lipinski definition) is 6. The Morgan fingerprint density at radius 1 is 0.273 bits per heavy atom. The standard InChI is InChI=1S/C71H114O6/c1-4-7-10-13-16-19-22-25-28-31-32-33-34-35-36-37-38-41-43-46-49-52-55-58-61-64-70(73)76-67-68(77-71(74)65-62-59-56-53-50-47-44-40-30-27-24-21-18-15-12-9-6-3)66-75-69(72)63-60-57-54-51-48-45-42-39-29-26-23-20-17-14-11-8-5-2/h7,9-10,12,16,18-19,21,25-30,32-33,35-36,38,41,44,47,53,56,68H,4-6,8,11,13-15,17,20,22-24,31,34,37,39-40,42-43,45-46,48-52,54-55,57-67H2,1-3H3/b10-7-,12-9-,19-16-,21-18-,28-25-,29-26-,30-27-,33-32-,36-35-,41-38-,47-44-,56-53-. The van der Waals surface area contributed by atoms with Crippen LogP contribution < -0.4 is 0 Å². The molecule has 1 unspecified atom stereocenters. The molecule has 0 saturated heterocycles. The molecule has 77 heavy (non-hydrogen) atoms. The van der Waals surface area contributed by atoms with Gasteiger partial charge in [-0.2, -0.15) is 0 Å². The molecule has 0 aromatic rings. The molecule has 0 saturated carbocycles. The molecule has 0 fully saturated rings. The minimum atomic E-state index is -0.823. The molecule has 0 radical (unpaired) electrons. The molecule has 0 amide bonds. The molecule has 6 nitrogen and oxygen atoms in total. The Morgan fingerprint density at radius 3 is 0.844 bits per heavy atom. The van der Waals surface area contributed by atoms with Crippen LogP contribution in [0.2, 0.25) is 0 Å². The molecule has 0 heterocycles. The maximum Gasteiger partial charge on any atom is 0.306 e. The van der Waals surface area contributed by atoms with Crippen molar-refractivity contribution in [3.63, 3.8) is 0 Å². The Balaban J connectivity index is 4.49. The van der Waals surface area contributed by atoms with E-state index >= 15 is 0 Å². The quantitative estimate of drug-likeness (QED) is 0.0261. The van der Waals surface area contributed by atoms with E-state index in [4.69, 9.17) is 14.2 Å². The minimum Gasteiger partial charge on any atom is -0.462 e. The number of rotatable bonds is 55. The average Bonchev–Trinajstić information content (AvgIpc) is 3.43. The highest BCUT2D eigenvalue weighted by Crippen LogP contribution is 2.14. The van der Waals surface area contributed by atoms with Crippen LogP contribution in [0, 0.1) is 0 Å². The number of carbonyl (C=O) groups is 3. The summed E-state index contributed by atoms with van der Waals surface area (Å²) in [7, 11) is 0. The molecule has 0 rings (SSSR count). The Labute approximate surface area is 474 Å². The van der Waals surface area contributed by atoms with Gasteiger partial charge in [0.05, 0.1) is 0 Å². The van der Waals surface area contributed by atoms with Crippen LogP contribution in [0.4, 0.5) is 0 Å². The van der Waals surface area contributed by atoms with Crippen molar-refractivity contribution in [1.82, 2.24) is 0 Å². The zero-order chi connectivity index (χ0) is 55.7. The SMILES string of the molecule is CC/C=C\C/C=C\C/C=C\C/C=C\C/C=C\C/C=C\CCCCCCCCC(=O)OCC(COC(=O)CCCCCCCCC/C=C\CCCCCCCC)OC(=O)CCC/C=C\C/C=C\C/C=C\C/C=C\C/C=C\CC. The monoisotopic (exact) mass is 1060 g/mol. The van der Waals surface area contributed by atoms with Gasteiger partial charge in [0, 0.05) is 19.3 Å². The minimum absolute atomic E-state index is 0.113. The van der Waals surface area contributed by atoms with Crippen LogP contribution in [0.15, 0.2) is 146 Å². The molecular weight excluding hydrogens is 949 g/mol. The predicted octanol–water partition coefficient (Wildman–Crippen LogP) is 21.5. The highest BCUT2D eigenvalue weighted by Gasteiger charge is 2.19. The lowest BCUT2D eigenvalue weighted by Gasteiger charge is -2.18. The predicted molar refractivity (Wildman–Crippen MR) is 334 cm³/mol. The van der Waals surface area contributed by atoms with E-state index < -0.39 is 6.10 Å². The second kappa shape index (κ2) is 63.8. The maximum atomic E-state index is 12.9. The Hall–Kier alpha value is -4.71. The number of ether oxygens (including phenoxy) is 3. The molecule has 0 N–H and O–H groups in total. The topological polar surface area (TPSA) is 78.9 Å². The third kappa shape index (κ3) is 62.0. The van der Waals surface area contributed by atoms with Crippen LogP contribution in [0.5, 0.6) is 0 Å². The van der Waals surface area contributed by atoms with Gasteiger partial charge in [0.15, 0.2) is 6.10 Å². The Kier molecular flexibility index (Phi) is 59.9. The highest BCUT2D eigenvalue weighted by atomic mass is 16.6. The van der Waals surface area contributed by atoms with Crippen LogP contribution in [0.3, 0.4) is 0 Å². The normalized spacial score (nSPS) is 13.1. The van der Waals surface area contributed by atoms with E-state index in [2.05, 4.69) is 167 Å². The van der Waals surface area contributed by atoms with Crippen molar-refractivity contribution in [2.45, 2.75) is 271 Å². The van der Waals surface area contributed by atoms with Crippen molar-refractivity contribution in [3.05, 3.63) is 146 Å². The van der Waals surface area contributed by atoms with Gasteiger partial charge in [0.25, 0.3) is 0 Å². The van der Waals surface area contributed by atoms with Crippen molar-refractivity contribution in [2.24, 2.45) is 0 Å². The number of unbranched alkanes of at least 4 members (excludes halogenated alkanes) is 20. The van der Waals surface area contributed by atoms with Crippen molar-refractivity contribution < 1.29 is 28.6 Å². The van der Waals surface area contributed by atoms with Gasteiger partial charge in [0.1, 0.15) is 13.2 Å². The summed E-state index contributed by atoms with van der Waals surface area (Å²) in [5, 5.41) is 0. The summed E-state index contributed by atoms with van der Waals surface area (Å²) in [6, 6.07) is 0. The smallest absolute Gasteiger partial charge is 0.306 e. The molecule has 6 heteroatoms. The van der Waals surface area contributed by atoms with Gasteiger partial charge in [-0.25, -0.2) is 0 Å². The first-order chi connectivity index (χ1) is 38.0. The summed E-state index contributed by atoms with van der Waals surface area (Å²) in [5.41, 5.74) is 0. The van der Waals surface area contributed by atoms with Crippen LogP contribution in [-0.2, 0) is 28.6 Å². The molecule has 1 atom stereocenters. The number of carbonyl (C=O) groups excluding carboxylic acids is 3. The van der Waals surface area contributed by atoms with E-state index in [1.165, 1.54) is 89.9 Å². The number of hydrogen-bond donors (Lipinski definition) is 0. The summed E-state index contributed by atoms with van der Waals surface area (Å²) in [6.45, 7) is 6.35. The summed E-state index contributed by atoms with van der Waals surface area (Å²) in [5.74, 6) is -0.992.